The van der Waals surface area contributed by atoms with Crippen LogP contribution in [0.5, 0.6) is 0 Å². The molecule has 0 bridgehead atoms. The number of nitrogens with one attached hydrogen (secondary N) is 2. The normalized spacial score (nSPS) is 21.0. The van der Waals surface area contributed by atoms with Crippen molar-refractivity contribution in [2.24, 2.45) is 0 Å². The van der Waals surface area contributed by atoms with Crippen LogP contribution >= 0.6 is 11.6 Å². The van der Waals surface area contributed by atoms with Crippen LogP contribution in [0.1, 0.15) is 65.3 Å². The van der Waals surface area contributed by atoms with E-state index in [1.54, 1.807) is 37.3 Å². The van der Waals surface area contributed by atoms with Gasteiger partial charge in [-0.15, -0.1) is 0 Å². The van der Waals surface area contributed by atoms with Crippen LogP contribution in [0.4, 0.5) is 5.69 Å². The summed E-state index contributed by atoms with van der Waals surface area (Å²) in [6.45, 7) is 1.59. The largest absolute Gasteiger partial charge is 0.445 e. The minimum Gasteiger partial charge on any atom is -0.445 e. The van der Waals surface area contributed by atoms with E-state index in [9.17, 15) is 14.4 Å². The lowest BCUT2D eigenvalue weighted by atomic mass is 9.89. The van der Waals surface area contributed by atoms with Crippen molar-refractivity contribution in [3.8, 4) is 0 Å². The summed E-state index contributed by atoms with van der Waals surface area (Å²) < 4.78 is 5.48. The molecule has 2 aromatic carbocycles. The topological polar surface area (TPSA) is 84.5 Å². The molecule has 2 aliphatic rings. The summed E-state index contributed by atoms with van der Waals surface area (Å²) in [6.07, 6.45) is 5.60. The van der Waals surface area contributed by atoms with E-state index in [0.29, 0.717) is 21.8 Å². The molecule has 1 unspecified atom stereocenters. The van der Waals surface area contributed by atoms with Crippen molar-refractivity contribution in [1.82, 2.24) is 5.32 Å². The zero-order valence-electron chi connectivity index (χ0n) is 17.4. The van der Waals surface area contributed by atoms with Gasteiger partial charge in [-0.05, 0) is 49.6 Å². The zero-order chi connectivity index (χ0) is 22.0. The smallest absolute Gasteiger partial charge is 0.339 e. The zero-order valence-corrected chi connectivity index (χ0v) is 18.1. The number of fused-ring (bicyclic) bond motifs is 1. The highest BCUT2D eigenvalue weighted by Gasteiger charge is 2.42. The van der Waals surface area contributed by atoms with Gasteiger partial charge >= 0.3 is 5.97 Å². The van der Waals surface area contributed by atoms with E-state index >= 15 is 0 Å². The molecule has 4 rings (SSSR count). The molecule has 0 radical (unpaired) electrons. The van der Waals surface area contributed by atoms with Crippen molar-refractivity contribution in [3.63, 3.8) is 0 Å². The maximum absolute atomic E-state index is 13.0. The Labute approximate surface area is 186 Å². The molecule has 7 heteroatoms. The third kappa shape index (κ3) is 4.59. The molecule has 0 aromatic heterocycles. The van der Waals surface area contributed by atoms with Gasteiger partial charge in [-0.1, -0.05) is 49.1 Å². The van der Waals surface area contributed by atoms with Gasteiger partial charge in [-0.2, -0.15) is 0 Å². The molecule has 2 N–H and O–H groups in total. The number of halogens is 1. The monoisotopic (exact) mass is 440 g/mol. The Bertz CT molecular complexity index is 1030. The summed E-state index contributed by atoms with van der Waals surface area (Å²) >= 11 is 6.25. The average Bonchev–Trinajstić information content (AvgIpc) is 2.75. The molecule has 1 aliphatic heterocycles. The highest BCUT2D eigenvalue weighted by molar-refractivity contribution is 6.34. The Morgan fingerprint density at radius 3 is 2.61 bits per heavy atom. The number of amides is 2. The van der Waals surface area contributed by atoms with Crippen molar-refractivity contribution >= 4 is 35.1 Å². The minimum absolute atomic E-state index is 0.149. The Hall–Kier alpha value is -2.86. The van der Waals surface area contributed by atoms with Gasteiger partial charge in [-0.3, -0.25) is 9.59 Å². The number of esters is 1. The summed E-state index contributed by atoms with van der Waals surface area (Å²) in [7, 11) is 0. The lowest BCUT2D eigenvalue weighted by Crippen LogP contribution is -2.48. The highest BCUT2D eigenvalue weighted by Crippen LogP contribution is 2.30. The van der Waals surface area contributed by atoms with Crippen LogP contribution in [0.25, 0.3) is 0 Å². The second-order valence-corrected chi connectivity index (χ2v) is 8.82. The summed E-state index contributed by atoms with van der Waals surface area (Å²) in [6, 6.07) is 12.0. The molecular weight excluding hydrogens is 416 g/mol. The van der Waals surface area contributed by atoms with Crippen molar-refractivity contribution in [2.75, 3.05) is 5.32 Å². The molecule has 0 saturated heterocycles. The van der Waals surface area contributed by atoms with Gasteiger partial charge in [0.05, 0.1) is 16.1 Å². The number of anilines is 1. The fourth-order valence-corrected chi connectivity index (χ4v) is 4.41. The van der Waals surface area contributed by atoms with Gasteiger partial charge in [0.25, 0.3) is 11.8 Å². The summed E-state index contributed by atoms with van der Waals surface area (Å²) in [4.78, 5) is 38.1. The summed E-state index contributed by atoms with van der Waals surface area (Å²) in [5.74, 6) is -1.24. The van der Waals surface area contributed by atoms with Gasteiger partial charge in [0.2, 0.25) is 0 Å². The molecular formula is C24H25ClN2O4. The number of rotatable bonds is 4. The van der Waals surface area contributed by atoms with Crippen LogP contribution in [0.2, 0.25) is 5.02 Å². The third-order valence-corrected chi connectivity index (χ3v) is 6.30. The van der Waals surface area contributed by atoms with Gasteiger partial charge in [0.1, 0.15) is 0 Å². The molecule has 2 aromatic rings. The molecule has 1 fully saturated rings. The van der Waals surface area contributed by atoms with E-state index in [1.165, 1.54) is 6.42 Å². The highest BCUT2D eigenvalue weighted by atomic mass is 35.5. The molecule has 0 spiro atoms. The molecule has 1 aliphatic carbocycles. The fraction of sp³-hybridized carbons (Fsp3) is 0.375. The second-order valence-electron chi connectivity index (χ2n) is 8.41. The molecule has 1 saturated carbocycles. The molecule has 31 heavy (non-hydrogen) atoms. The van der Waals surface area contributed by atoms with E-state index in [0.717, 1.165) is 31.2 Å². The second kappa shape index (κ2) is 8.71. The third-order valence-electron chi connectivity index (χ3n) is 5.97. The number of benzene rings is 2. The van der Waals surface area contributed by atoms with E-state index in [4.69, 9.17) is 16.3 Å². The van der Waals surface area contributed by atoms with E-state index in [-0.39, 0.29) is 18.4 Å². The molecule has 1 atom stereocenters. The van der Waals surface area contributed by atoms with Crippen molar-refractivity contribution in [3.05, 3.63) is 64.2 Å². The van der Waals surface area contributed by atoms with Gasteiger partial charge in [0.15, 0.2) is 5.60 Å². The van der Waals surface area contributed by atoms with Crippen molar-refractivity contribution in [2.45, 2.75) is 57.1 Å². The Morgan fingerprint density at radius 2 is 1.84 bits per heavy atom. The minimum atomic E-state index is -1.35. The van der Waals surface area contributed by atoms with Gasteiger partial charge in [-0.25, -0.2) is 4.79 Å². The Balaban J connectivity index is 1.49. The first-order valence-electron chi connectivity index (χ1n) is 10.6. The SMILES string of the molecule is CC1(C(=O)Nc2ccc(Cl)c(C(=O)NC3CCCCC3)c2)Cc2ccccc2C(=O)O1. The lowest BCUT2D eigenvalue weighted by molar-refractivity contribution is -0.134. The molecule has 6 nitrogen and oxygen atoms in total. The summed E-state index contributed by atoms with van der Waals surface area (Å²) in [5, 5.41) is 6.13. The molecule has 1 heterocycles. The quantitative estimate of drug-likeness (QED) is 0.685. The Kier molecular flexibility index (Phi) is 6.01. The number of carbonyl (C=O) groups excluding carboxylic acids is 3. The predicted octanol–water partition coefficient (Wildman–Crippen LogP) is 4.51. The number of hydrogen-bond acceptors (Lipinski definition) is 4. The van der Waals surface area contributed by atoms with Crippen LogP contribution < -0.4 is 10.6 Å². The molecule has 162 valence electrons. The van der Waals surface area contributed by atoms with Gasteiger partial charge in [0, 0.05) is 18.2 Å². The van der Waals surface area contributed by atoms with Crippen LogP contribution in [0.3, 0.4) is 0 Å². The molecule has 2 amide bonds. The standard InChI is InChI=1S/C24H25ClN2O4/c1-24(14-15-7-5-6-10-18(15)22(29)31-24)23(30)27-17-11-12-20(25)19(13-17)21(28)26-16-8-3-2-4-9-16/h5-7,10-13,16H,2-4,8-9,14H2,1H3,(H,26,28)(H,27,30). The van der Waals surface area contributed by atoms with E-state index in [2.05, 4.69) is 10.6 Å². The lowest BCUT2D eigenvalue weighted by Gasteiger charge is -2.33. The Morgan fingerprint density at radius 1 is 1.10 bits per heavy atom. The van der Waals surface area contributed by atoms with Gasteiger partial charge < -0.3 is 15.4 Å². The summed E-state index contributed by atoms with van der Waals surface area (Å²) in [5.41, 5.74) is 0.608. The first kappa shape index (κ1) is 21.4. The van der Waals surface area contributed by atoms with Crippen LogP contribution in [-0.2, 0) is 16.0 Å². The van der Waals surface area contributed by atoms with Crippen LogP contribution in [-0.4, -0.2) is 29.4 Å². The maximum atomic E-state index is 13.0. The number of carbonyl (C=O) groups is 3. The van der Waals surface area contributed by atoms with Crippen LogP contribution in [0.15, 0.2) is 42.5 Å². The first-order valence-corrected chi connectivity index (χ1v) is 11.0. The number of cyclic esters (lactones) is 1. The predicted molar refractivity (Wildman–Crippen MR) is 118 cm³/mol. The average molecular weight is 441 g/mol. The number of hydrogen-bond donors (Lipinski definition) is 2. The fourth-order valence-electron chi connectivity index (χ4n) is 4.21. The van der Waals surface area contributed by atoms with E-state index < -0.39 is 17.5 Å². The van der Waals surface area contributed by atoms with Crippen LogP contribution in [0, 0.1) is 0 Å². The van der Waals surface area contributed by atoms with Crippen molar-refractivity contribution in [1.29, 1.82) is 0 Å². The maximum Gasteiger partial charge on any atom is 0.339 e. The van der Waals surface area contributed by atoms with E-state index in [1.807, 2.05) is 12.1 Å². The first-order chi connectivity index (χ1) is 14.9. The van der Waals surface area contributed by atoms with Crippen molar-refractivity contribution < 1.29 is 19.1 Å². The number of ether oxygens (including phenoxy) is 1.